The molecule has 1 atom stereocenters. The number of hydrogen-bond acceptors (Lipinski definition) is 0. The van der Waals surface area contributed by atoms with Crippen LogP contribution in [0.25, 0.3) is 0 Å². The molecule has 0 fully saturated rings. The third kappa shape index (κ3) is 6.39. The zero-order valence-electron chi connectivity index (χ0n) is 9.05. The normalized spacial score (nSPS) is 13.1. The third-order valence-corrected chi connectivity index (χ3v) is 2.34. The van der Waals surface area contributed by atoms with Crippen molar-refractivity contribution < 1.29 is 0 Å². The average molecular weight is 178 g/mol. The molecule has 0 amide bonds. The highest BCUT2D eigenvalue weighted by Gasteiger charge is 2.00. The quantitative estimate of drug-likeness (QED) is 0.397. The van der Waals surface area contributed by atoms with Crippen LogP contribution < -0.4 is 0 Å². The van der Waals surface area contributed by atoms with Crippen molar-refractivity contribution in [1.29, 1.82) is 0 Å². The van der Waals surface area contributed by atoms with Gasteiger partial charge in [-0.3, -0.25) is 0 Å². The van der Waals surface area contributed by atoms with E-state index in [0.717, 1.165) is 25.7 Å². The average Bonchev–Trinajstić information content (AvgIpc) is 2.16. The van der Waals surface area contributed by atoms with Gasteiger partial charge in [0.05, 0.1) is 0 Å². The lowest BCUT2D eigenvalue weighted by molar-refractivity contribution is 0.670. The fourth-order valence-corrected chi connectivity index (χ4v) is 1.15. The highest BCUT2D eigenvalue weighted by atomic mass is 14.1. The van der Waals surface area contributed by atoms with Crippen LogP contribution in [0, 0.1) is 5.92 Å². The molecule has 0 saturated carbocycles. The van der Waals surface area contributed by atoms with Crippen LogP contribution in [0.2, 0.25) is 0 Å². The Bertz CT molecular complexity index is 174. The number of allylic oxidation sites excluding steroid dienone is 4. The van der Waals surface area contributed by atoms with Crippen LogP contribution in [0.5, 0.6) is 0 Å². The molecule has 0 unspecified atom stereocenters. The molecule has 0 nitrogen and oxygen atoms in total. The summed E-state index contributed by atoms with van der Waals surface area (Å²) in [5.41, 5.74) is 1.35. The molecular weight excluding hydrogens is 156 g/mol. The molecule has 0 aliphatic rings. The van der Waals surface area contributed by atoms with Crippen molar-refractivity contribution >= 4 is 0 Å². The summed E-state index contributed by atoms with van der Waals surface area (Å²) < 4.78 is 0. The van der Waals surface area contributed by atoms with Gasteiger partial charge in [0, 0.05) is 0 Å². The van der Waals surface area contributed by atoms with Crippen LogP contribution >= 0.6 is 0 Å². The monoisotopic (exact) mass is 178 g/mol. The first kappa shape index (κ1) is 12.2. The molecule has 0 aromatic rings. The van der Waals surface area contributed by atoms with Crippen LogP contribution in [-0.4, -0.2) is 0 Å². The predicted molar refractivity (Wildman–Crippen MR) is 61.8 cm³/mol. The van der Waals surface area contributed by atoms with E-state index in [1.807, 2.05) is 6.08 Å². The number of unbranched alkanes of at least 4 members (excludes halogenated alkanes) is 1. The van der Waals surface area contributed by atoms with E-state index in [0.29, 0.717) is 5.92 Å². The van der Waals surface area contributed by atoms with Crippen molar-refractivity contribution in [3.05, 3.63) is 37.0 Å². The van der Waals surface area contributed by atoms with Gasteiger partial charge in [0.1, 0.15) is 0 Å². The standard InChI is InChI=1S/C13H22/c1-5-7-8-9-10-11-13(4)12(3)6-2/h5,9-10,13H,1,3,6-8,11H2,2,4H3/b10-9+/t13-/m0/s1. The highest BCUT2D eigenvalue weighted by Crippen LogP contribution is 2.16. The molecular formula is C13H22. The summed E-state index contributed by atoms with van der Waals surface area (Å²) in [6.07, 6.45) is 10.9. The maximum Gasteiger partial charge on any atom is -0.0200 e. The van der Waals surface area contributed by atoms with E-state index in [1.54, 1.807) is 0 Å². The topological polar surface area (TPSA) is 0 Å². The minimum atomic E-state index is 0.630. The van der Waals surface area contributed by atoms with Gasteiger partial charge in [-0.2, -0.15) is 0 Å². The van der Waals surface area contributed by atoms with E-state index in [9.17, 15) is 0 Å². The molecule has 74 valence electrons. The van der Waals surface area contributed by atoms with Crippen LogP contribution in [0.3, 0.4) is 0 Å². The van der Waals surface area contributed by atoms with E-state index in [-0.39, 0.29) is 0 Å². The van der Waals surface area contributed by atoms with Gasteiger partial charge in [-0.25, -0.2) is 0 Å². The van der Waals surface area contributed by atoms with Crippen molar-refractivity contribution in [1.82, 2.24) is 0 Å². The Kier molecular flexibility index (Phi) is 7.38. The summed E-state index contributed by atoms with van der Waals surface area (Å²) in [5.74, 6) is 0.630. The Morgan fingerprint density at radius 1 is 1.31 bits per heavy atom. The maximum absolute atomic E-state index is 4.04. The molecule has 0 bridgehead atoms. The first-order chi connectivity index (χ1) is 6.22. The van der Waals surface area contributed by atoms with Gasteiger partial charge >= 0.3 is 0 Å². The molecule has 13 heavy (non-hydrogen) atoms. The van der Waals surface area contributed by atoms with Crippen LogP contribution in [-0.2, 0) is 0 Å². The van der Waals surface area contributed by atoms with Crippen LogP contribution in [0.4, 0.5) is 0 Å². The molecule has 0 heteroatoms. The summed E-state index contributed by atoms with van der Waals surface area (Å²) in [6.45, 7) is 12.1. The van der Waals surface area contributed by atoms with Crippen LogP contribution in [0.15, 0.2) is 37.0 Å². The fraction of sp³-hybridized carbons (Fsp3) is 0.538. The van der Waals surface area contributed by atoms with Gasteiger partial charge in [-0.1, -0.05) is 44.2 Å². The van der Waals surface area contributed by atoms with Gasteiger partial charge in [0.25, 0.3) is 0 Å². The first-order valence-corrected chi connectivity index (χ1v) is 5.15. The van der Waals surface area contributed by atoms with Gasteiger partial charge in [-0.15, -0.1) is 6.58 Å². The Labute approximate surface area is 83.0 Å². The summed E-state index contributed by atoms with van der Waals surface area (Å²) in [7, 11) is 0. The van der Waals surface area contributed by atoms with E-state index in [2.05, 4.69) is 39.2 Å². The second kappa shape index (κ2) is 7.85. The lowest BCUT2D eigenvalue weighted by atomic mass is 9.97. The van der Waals surface area contributed by atoms with Gasteiger partial charge in [0.15, 0.2) is 0 Å². The van der Waals surface area contributed by atoms with Crippen molar-refractivity contribution in [3.8, 4) is 0 Å². The summed E-state index contributed by atoms with van der Waals surface area (Å²) in [5, 5.41) is 0. The molecule has 0 spiro atoms. The number of hydrogen-bond donors (Lipinski definition) is 0. The second-order valence-corrected chi connectivity index (χ2v) is 3.49. The smallest absolute Gasteiger partial charge is 0.0200 e. The zero-order valence-corrected chi connectivity index (χ0v) is 9.05. The summed E-state index contributed by atoms with van der Waals surface area (Å²) in [6, 6.07) is 0. The molecule has 0 aromatic carbocycles. The van der Waals surface area contributed by atoms with E-state index < -0.39 is 0 Å². The molecule has 0 rings (SSSR count). The van der Waals surface area contributed by atoms with E-state index >= 15 is 0 Å². The predicted octanol–water partition coefficient (Wildman–Crippen LogP) is 4.50. The Balaban J connectivity index is 3.56. The van der Waals surface area contributed by atoms with Crippen molar-refractivity contribution in [2.75, 3.05) is 0 Å². The molecule has 0 saturated heterocycles. The summed E-state index contributed by atoms with van der Waals surface area (Å²) >= 11 is 0. The lowest BCUT2D eigenvalue weighted by Crippen LogP contribution is -1.94. The van der Waals surface area contributed by atoms with Crippen LogP contribution in [0.1, 0.15) is 39.5 Å². The second-order valence-electron chi connectivity index (χ2n) is 3.49. The number of rotatable bonds is 7. The maximum atomic E-state index is 4.04. The molecule has 0 aromatic heterocycles. The van der Waals surface area contributed by atoms with Crippen molar-refractivity contribution in [2.24, 2.45) is 5.92 Å². The Morgan fingerprint density at radius 3 is 2.54 bits per heavy atom. The Morgan fingerprint density at radius 2 is 2.00 bits per heavy atom. The first-order valence-electron chi connectivity index (χ1n) is 5.15. The Hall–Kier alpha value is -0.780. The molecule has 0 aliphatic carbocycles. The molecule has 0 radical (unpaired) electrons. The van der Waals surface area contributed by atoms with Crippen molar-refractivity contribution in [2.45, 2.75) is 39.5 Å². The lowest BCUT2D eigenvalue weighted by Gasteiger charge is -2.09. The highest BCUT2D eigenvalue weighted by molar-refractivity contribution is 5.01. The molecule has 0 heterocycles. The van der Waals surface area contributed by atoms with Crippen molar-refractivity contribution in [3.63, 3.8) is 0 Å². The van der Waals surface area contributed by atoms with E-state index in [1.165, 1.54) is 5.57 Å². The van der Waals surface area contributed by atoms with E-state index in [4.69, 9.17) is 0 Å². The van der Waals surface area contributed by atoms with Gasteiger partial charge < -0.3 is 0 Å². The minimum absolute atomic E-state index is 0.630. The van der Waals surface area contributed by atoms with Gasteiger partial charge in [-0.05, 0) is 31.6 Å². The SMILES string of the molecule is C=CCC/C=C/C[C@H](C)C(=C)CC. The fourth-order valence-electron chi connectivity index (χ4n) is 1.15. The summed E-state index contributed by atoms with van der Waals surface area (Å²) in [4.78, 5) is 0. The zero-order chi connectivity index (χ0) is 10.1. The molecule has 0 N–H and O–H groups in total. The third-order valence-electron chi connectivity index (χ3n) is 2.34. The largest absolute Gasteiger partial charge is 0.103 e. The minimum Gasteiger partial charge on any atom is -0.103 e. The van der Waals surface area contributed by atoms with Gasteiger partial charge in [0.2, 0.25) is 0 Å². The molecule has 0 aliphatic heterocycles.